The summed E-state index contributed by atoms with van der Waals surface area (Å²) >= 11 is 1.80. The Labute approximate surface area is 147 Å². The predicted octanol–water partition coefficient (Wildman–Crippen LogP) is 4.17. The summed E-state index contributed by atoms with van der Waals surface area (Å²) in [6.07, 6.45) is 0.621. The van der Waals surface area contributed by atoms with Gasteiger partial charge >= 0.3 is 6.09 Å². The Morgan fingerprint density at radius 2 is 1.92 bits per heavy atom. The van der Waals surface area contributed by atoms with Crippen LogP contribution in [-0.4, -0.2) is 23.8 Å². The Balaban J connectivity index is 1.43. The van der Waals surface area contributed by atoms with E-state index >= 15 is 0 Å². The number of hydrogen-bond donors (Lipinski definition) is 2. The molecule has 2 aromatic rings. The maximum absolute atomic E-state index is 11.7. The molecule has 1 aliphatic rings. The molecule has 128 valence electrons. The Morgan fingerprint density at radius 3 is 2.62 bits per heavy atom. The molecule has 2 atom stereocenters. The Bertz CT molecular complexity index is 691. The summed E-state index contributed by atoms with van der Waals surface area (Å²) in [4.78, 5) is 14.3. The van der Waals surface area contributed by atoms with E-state index in [9.17, 15) is 4.79 Å². The Kier molecular flexibility index (Phi) is 4.92. The largest absolute Gasteiger partial charge is 0.444 e. The molecular formula is C19H24N2O2S. The lowest BCUT2D eigenvalue weighted by Gasteiger charge is -2.19. The van der Waals surface area contributed by atoms with E-state index in [-0.39, 0.29) is 12.1 Å². The van der Waals surface area contributed by atoms with Crippen LogP contribution in [0.4, 0.5) is 4.79 Å². The molecule has 1 heterocycles. The molecule has 4 nitrogen and oxygen atoms in total. The molecule has 0 spiro atoms. The molecule has 3 rings (SSSR count). The molecule has 1 amide bonds. The number of benzene rings is 1. The van der Waals surface area contributed by atoms with Gasteiger partial charge in [-0.25, -0.2) is 4.79 Å². The molecule has 0 saturated heterocycles. The zero-order valence-electron chi connectivity index (χ0n) is 14.3. The van der Waals surface area contributed by atoms with Gasteiger partial charge in [-0.1, -0.05) is 30.3 Å². The summed E-state index contributed by atoms with van der Waals surface area (Å²) in [7, 11) is 0. The lowest BCUT2D eigenvalue weighted by molar-refractivity contribution is 0.0522. The van der Waals surface area contributed by atoms with Crippen molar-refractivity contribution in [2.45, 2.75) is 51.4 Å². The highest BCUT2D eigenvalue weighted by Crippen LogP contribution is 2.29. The van der Waals surface area contributed by atoms with E-state index in [2.05, 4.69) is 47.0 Å². The van der Waals surface area contributed by atoms with Crippen molar-refractivity contribution in [2.24, 2.45) is 0 Å². The predicted molar refractivity (Wildman–Crippen MR) is 98.2 cm³/mol. The van der Waals surface area contributed by atoms with Gasteiger partial charge in [0.1, 0.15) is 5.60 Å². The summed E-state index contributed by atoms with van der Waals surface area (Å²) in [5.74, 6) is 0. The first kappa shape index (κ1) is 17.0. The zero-order valence-corrected chi connectivity index (χ0v) is 15.2. The minimum absolute atomic E-state index is 0.174. The fraction of sp³-hybridized carbons (Fsp3) is 0.421. The van der Waals surface area contributed by atoms with Crippen LogP contribution in [0.1, 0.15) is 32.1 Å². The van der Waals surface area contributed by atoms with Crippen molar-refractivity contribution >= 4 is 17.4 Å². The molecule has 1 aliphatic carbocycles. The van der Waals surface area contributed by atoms with E-state index in [4.69, 9.17) is 4.74 Å². The third kappa shape index (κ3) is 4.82. The average Bonchev–Trinajstić information content (AvgIpc) is 3.07. The van der Waals surface area contributed by atoms with Gasteiger partial charge in [-0.05, 0) is 44.9 Å². The lowest BCUT2D eigenvalue weighted by atomic mass is 10.2. The van der Waals surface area contributed by atoms with E-state index in [1.165, 1.54) is 15.3 Å². The molecule has 1 saturated carbocycles. The second kappa shape index (κ2) is 6.95. The first-order chi connectivity index (χ1) is 11.4. The monoisotopic (exact) mass is 344 g/mol. The van der Waals surface area contributed by atoms with Crippen molar-refractivity contribution in [3.05, 3.63) is 47.3 Å². The standard InChI is InChI=1S/C19H24N2O2S/c1-19(2,3)23-18(22)21-16-11-15(16)20-12-14-9-10-17(24-14)13-7-5-4-6-8-13/h4-10,15-16,20H,11-12H2,1-3H3,(H,21,22). The van der Waals surface area contributed by atoms with E-state index in [0.29, 0.717) is 6.04 Å². The number of carbonyl (C=O) groups is 1. The van der Waals surface area contributed by atoms with Gasteiger partial charge in [0.15, 0.2) is 0 Å². The van der Waals surface area contributed by atoms with Crippen LogP contribution in [0.15, 0.2) is 42.5 Å². The normalized spacial score (nSPS) is 19.8. The molecule has 24 heavy (non-hydrogen) atoms. The highest BCUT2D eigenvalue weighted by Gasteiger charge is 2.38. The molecular weight excluding hydrogens is 320 g/mol. The van der Waals surface area contributed by atoms with Crippen molar-refractivity contribution in [3.63, 3.8) is 0 Å². The van der Waals surface area contributed by atoms with Crippen molar-refractivity contribution in [3.8, 4) is 10.4 Å². The first-order valence-corrected chi connectivity index (χ1v) is 9.09. The van der Waals surface area contributed by atoms with Crippen LogP contribution in [0.2, 0.25) is 0 Å². The molecule has 2 unspecified atom stereocenters. The quantitative estimate of drug-likeness (QED) is 0.856. The lowest BCUT2D eigenvalue weighted by Crippen LogP contribution is -2.36. The van der Waals surface area contributed by atoms with Crippen LogP contribution in [0.5, 0.6) is 0 Å². The second-order valence-corrected chi connectivity index (χ2v) is 8.28. The number of thiophene rings is 1. The van der Waals surface area contributed by atoms with Gasteiger partial charge in [-0.2, -0.15) is 0 Å². The van der Waals surface area contributed by atoms with E-state index < -0.39 is 5.60 Å². The number of rotatable bonds is 5. The van der Waals surface area contributed by atoms with Crippen molar-refractivity contribution < 1.29 is 9.53 Å². The first-order valence-electron chi connectivity index (χ1n) is 8.28. The summed E-state index contributed by atoms with van der Waals surface area (Å²) in [5, 5.41) is 6.40. The third-order valence-corrected chi connectivity index (χ3v) is 4.89. The number of ether oxygens (including phenoxy) is 1. The number of alkyl carbamates (subject to hydrolysis) is 1. The minimum Gasteiger partial charge on any atom is -0.444 e. The molecule has 0 bridgehead atoms. The van der Waals surface area contributed by atoms with Gasteiger partial charge in [-0.15, -0.1) is 11.3 Å². The van der Waals surface area contributed by atoms with Gasteiger partial charge in [0.25, 0.3) is 0 Å². The van der Waals surface area contributed by atoms with Crippen molar-refractivity contribution in [2.75, 3.05) is 0 Å². The van der Waals surface area contributed by atoms with Crippen LogP contribution in [0, 0.1) is 0 Å². The van der Waals surface area contributed by atoms with Crippen LogP contribution < -0.4 is 10.6 Å². The van der Waals surface area contributed by atoms with Crippen molar-refractivity contribution in [1.29, 1.82) is 0 Å². The Hall–Kier alpha value is -1.85. The summed E-state index contributed by atoms with van der Waals surface area (Å²) in [6.45, 7) is 6.44. The third-order valence-electron chi connectivity index (χ3n) is 3.75. The zero-order chi connectivity index (χ0) is 17.2. The molecule has 0 radical (unpaired) electrons. The van der Waals surface area contributed by atoms with Crippen molar-refractivity contribution in [1.82, 2.24) is 10.6 Å². The van der Waals surface area contributed by atoms with E-state index in [0.717, 1.165) is 13.0 Å². The number of carbonyl (C=O) groups excluding carboxylic acids is 1. The molecule has 1 aromatic carbocycles. The minimum atomic E-state index is -0.452. The van der Waals surface area contributed by atoms with Gasteiger partial charge in [0, 0.05) is 28.4 Å². The fourth-order valence-corrected chi connectivity index (χ4v) is 3.47. The Morgan fingerprint density at radius 1 is 1.17 bits per heavy atom. The molecule has 5 heteroatoms. The average molecular weight is 344 g/mol. The molecule has 1 aromatic heterocycles. The highest BCUT2D eigenvalue weighted by atomic mass is 32.1. The van der Waals surface area contributed by atoms with E-state index in [1.807, 2.05) is 26.8 Å². The maximum atomic E-state index is 11.7. The van der Waals surface area contributed by atoms with Crippen LogP contribution >= 0.6 is 11.3 Å². The van der Waals surface area contributed by atoms with Gasteiger partial charge in [0.2, 0.25) is 0 Å². The number of nitrogens with one attached hydrogen (secondary N) is 2. The van der Waals surface area contributed by atoms with Gasteiger partial charge in [0.05, 0.1) is 0 Å². The highest BCUT2D eigenvalue weighted by molar-refractivity contribution is 7.15. The maximum Gasteiger partial charge on any atom is 0.407 e. The van der Waals surface area contributed by atoms with Gasteiger partial charge in [-0.3, -0.25) is 0 Å². The SMILES string of the molecule is CC(C)(C)OC(=O)NC1CC1NCc1ccc(-c2ccccc2)s1. The number of hydrogen-bond acceptors (Lipinski definition) is 4. The summed E-state index contributed by atoms with van der Waals surface area (Å²) in [5.41, 5.74) is 0.803. The van der Waals surface area contributed by atoms with Crippen LogP contribution in [0.3, 0.4) is 0 Å². The topological polar surface area (TPSA) is 50.4 Å². The van der Waals surface area contributed by atoms with Gasteiger partial charge < -0.3 is 15.4 Å². The smallest absolute Gasteiger partial charge is 0.407 e. The molecule has 2 N–H and O–H groups in total. The second-order valence-electron chi connectivity index (χ2n) is 7.11. The molecule has 0 aliphatic heterocycles. The number of amides is 1. The summed E-state index contributed by atoms with van der Waals surface area (Å²) in [6, 6.07) is 15.3. The molecule has 1 fully saturated rings. The van der Waals surface area contributed by atoms with Crippen LogP contribution in [0.25, 0.3) is 10.4 Å². The summed E-state index contributed by atoms with van der Waals surface area (Å²) < 4.78 is 5.28. The fourth-order valence-electron chi connectivity index (χ4n) is 2.50. The van der Waals surface area contributed by atoms with E-state index in [1.54, 1.807) is 11.3 Å². The van der Waals surface area contributed by atoms with Crippen LogP contribution in [-0.2, 0) is 11.3 Å².